The van der Waals surface area contributed by atoms with E-state index in [1.807, 2.05) is 11.8 Å². The summed E-state index contributed by atoms with van der Waals surface area (Å²) in [6.45, 7) is 9.83. The third kappa shape index (κ3) is 7.14. The first-order valence-electron chi connectivity index (χ1n) is 11.5. The number of benzene rings is 1. The molecule has 0 aliphatic carbocycles. The number of rotatable bonds is 11. The van der Waals surface area contributed by atoms with Gasteiger partial charge in [-0.3, -0.25) is 9.69 Å². The van der Waals surface area contributed by atoms with Crippen LogP contribution in [0.25, 0.3) is 0 Å². The maximum absolute atomic E-state index is 13.4. The molecule has 0 spiro atoms. The topological polar surface area (TPSA) is 91.4 Å². The third-order valence-corrected chi connectivity index (χ3v) is 7.72. The molecule has 0 saturated carbocycles. The summed E-state index contributed by atoms with van der Waals surface area (Å²) in [5, 5.41) is 3.23. The van der Waals surface area contributed by atoms with Crippen molar-refractivity contribution in [2.45, 2.75) is 24.7 Å². The molecule has 0 bridgehead atoms. The lowest BCUT2D eigenvalue weighted by Gasteiger charge is -2.30. The van der Waals surface area contributed by atoms with Crippen LogP contribution in [0.4, 0.5) is 0 Å². The van der Waals surface area contributed by atoms with E-state index in [1.165, 1.54) is 4.31 Å². The summed E-state index contributed by atoms with van der Waals surface area (Å²) >= 11 is 0. The lowest BCUT2D eigenvalue weighted by molar-refractivity contribution is -0.131. The van der Waals surface area contributed by atoms with Crippen LogP contribution < -0.4 is 10.1 Å². The number of amides is 1. The first-order chi connectivity index (χ1) is 15.5. The molecule has 2 saturated heterocycles. The molecule has 1 amide bonds. The van der Waals surface area contributed by atoms with Crippen molar-refractivity contribution in [2.75, 3.05) is 78.7 Å². The predicted molar refractivity (Wildman–Crippen MR) is 122 cm³/mol. The highest BCUT2D eigenvalue weighted by Crippen LogP contribution is 2.20. The van der Waals surface area contributed by atoms with Crippen molar-refractivity contribution < 1.29 is 22.7 Å². The zero-order chi connectivity index (χ0) is 22.8. The van der Waals surface area contributed by atoms with Gasteiger partial charge in [0.25, 0.3) is 0 Å². The fraction of sp³-hybridized carbons (Fsp3) is 0.682. The van der Waals surface area contributed by atoms with E-state index < -0.39 is 10.0 Å². The summed E-state index contributed by atoms with van der Waals surface area (Å²) in [6, 6.07) is 6.50. The van der Waals surface area contributed by atoms with Crippen LogP contribution in [0.1, 0.15) is 19.8 Å². The van der Waals surface area contributed by atoms with Crippen molar-refractivity contribution in [1.29, 1.82) is 0 Å². The molecule has 1 aromatic rings. The number of morpholine rings is 1. The van der Waals surface area contributed by atoms with Gasteiger partial charge < -0.3 is 19.7 Å². The Morgan fingerprint density at radius 1 is 1.09 bits per heavy atom. The number of hydrogen-bond donors (Lipinski definition) is 1. The highest BCUT2D eigenvalue weighted by atomic mass is 32.2. The Balaban J connectivity index is 1.65. The maximum Gasteiger partial charge on any atom is 0.243 e. The van der Waals surface area contributed by atoms with Gasteiger partial charge in [-0.1, -0.05) is 0 Å². The first-order valence-corrected chi connectivity index (χ1v) is 13.0. The van der Waals surface area contributed by atoms with Gasteiger partial charge >= 0.3 is 0 Å². The summed E-state index contributed by atoms with van der Waals surface area (Å²) in [7, 11) is -3.71. The summed E-state index contributed by atoms with van der Waals surface area (Å²) in [5.41, 5.74) is 0. The number of ether oxygens (including phenoxy) is 2. The molecule has 180 valence electrons. The predicted octanol–water partition coefficient (Wildman–Crippen LogP) is 0.620. The molecule has 2 fully saturated rings. The molecule has 3 rings (SSSR count). The first kappa shape index (κ1) is 24.9. The van der Waals surface area contributed by atoms with Crippen LogP contribution in [0.5, 0.6) is 5.75 Å². The van der Waals surface area contributed by atoms with Crippen molar-refractivity contribution in [2.24, 2.45) is 0 Å². The van der Waals surface area contributed by atoms with Gasteiger partial charge in [0.05, 0.1) is 24.7 Å². The molecule has 1 aromatic carbocycles. The Labute approximate surface area is 191 Å². The molecule has 10 heteroatoms. The summed E-state index contributed by atoms with van der Waals surface area (Å²) in [6.07, 6.45) is 0.895. The minimum absolute atomic E-state index is 0.00609. The van der Waals surface area contributed by atoms with Crippen molar-refractivity contribution in [1.82, 2.24) is 19.4 Å². The number of piperazine rings is 1. The maximum atomic E-state index is 13.4. The normalized spacial score (nSPS) is 18.1. The van der Waals surface area contributed by atoms with Gasteiger partial charge in [-0.15, -0.1) is 0 Å². The van der Waals surface area contributed by atoms with E-state index in [2.05, 4.69) is 10.2 Å². The van der Waals surface area contributed by atoms with Crippen molar-refractivity contribution in [3.8, 4) is 5.75 Å². The van der Waals surface area contributed by atoms with Gasteiger partial charge in [0.1, 0.15) is 5.75 Å². The third-order valence-electron chi connectivity index (χ3n) is 5.80. The van der Waals surface area contributed by atoms with Crippen molar-refractivity contribution in [3.05, 3.63) is 24.3 Å². The molecule has 1 N–H and O–H groups in total. The Hall–Kier alpha value is -1.72. The van der Waals surface area contributed by atoms with Crippen LogP contribution in [0.2, 0.25) is 0 Å². The quantitative estimate of drug-likeness (QED) is 0.509. The number of nitrogens with one attached hydrogen (secondary N) is 1. The number of carbonyl (C=O) groups is 1. The molecule has 0 radical (unpaired) electrons. The van der Waals surface area contributed by atoms with Crippen molar-refractivity contribution >= 4 is 15.9 Å². The lowest BCUT2D eigenvalue weighted by Crippen LogP contribution is -2.47. The smallest absolute Gasteiger partial charge is 0.243 e. The van der Waals surface area contributed by atoms with Gasteiger partial charge in [-0.2, -0.15) is 4.31 Å². The Morgan fingerprint density at radius 3 is 2.44 bits per heavy atom. The average Bonchev–Trinajstić information content (AvgIpc) is 2.82. The second-order valence-electron chi connectivity index (χ2n) is 8.00. The Kier molecular flexibility index (Phi) is 9.73. The highest BCUT2D eigenvalue weighted by Gasteiger charge is 2.26. The molecule has 2 aliphatic heterocycles. The van der Waals surface area contributed by atoms with Gasteiger partial charge in [-0.25, -0.2) is 8.42 Å². The molecule has 9 nitrogen and oxygen atoms in total. The van der Waals surface area contributed by atoms with E-state index in [-0.39, 0.29) is 23.8 Å². The van der Waals surface area contributed by atoms with Gasteiger partial charge in [0.15, 0.2) is 0 Å². The van der Waals surface area contributed by atoms with Gasteiger partial charge in [-0.05, 0) is 44.2 Å². The lowest BCUT2D eigenvalue weighted by atomic mass is 10.3. The van der Waals surface area contributed by atoms with Crippen LogP contribution in [0.15, 0.2) is 29.2 Å². The standard InChI is InChI=1S/C22H36N4O5S/c1-2-31-20-4-6-21(7-5-20)32(28,29)26(12-3-11-24-16-18-30-19-17-24)13-8-22(27)25-14-9-23-10-15-25/h4-7,23H,2-3,8-19H2,1H3. The second kappa shape index (κ2) is 12.5. The number of sulfonamides is 1. The SMILES string of the molecule is CCOc1ccc(S(=O)(=O)N(CCCN2CCOCC2)CCC(=O)N2CCNCC2)cc1. The van der Waals surface area contributed by atoms with E-state index >= 15 is 0 Å². The molecule has 0 unspecified atom stereocenters. The van der Waals surface area contributed by atoms with Crippen LogP contribution in [0, 0.1) is 0 Å². The highest BCUT2D eigenvalue weighted by molar-refractivity contribution is 7.89. The number of carbonyl (C=O) groups excluding carboxylic acids is 1. The molecule has 32 heavy (non-hydrogen) atoms. The average molecular weight is 469 g/mol. The molecule has 0 aromatic heterocycles. The zero-order valence-electron chi connectivity index (χ0n) is 19.0. The minimum Gasteiger partial charge on any atom is -0.494 e. The van der Waals surface area contributed by atoms with Crippen LogP contribution in [0.3, 0.4) is 0 Å². The van der Waals surface area contributed by atoms with E-state index in [9.17, 15) is 13.2 Å². The fourth-order valence-electron chi connectivity index (χ4n) is 3.96. The Bertz CT molecular complexity index is 806. The second-order valence-corrected chi connectivity index (χ2v) is 9.93. The number of hydrogen-bond acceptors (Lipinski definition) is 7. The molecule has 0 atom stereocenters. The van der Waals surface area contributed by atoms with Crippen molar-refractivity contribution in [3.63, 3.8) is 0 Å². The summed E-state index contributed by atoms with van der Waals surface area (Å²) in [5.74, 6) is 0.644. The van der Waals surface area contributed by atoms with Crippen LogP contribution >= 0.6 is 0 Å². The monoisotopic (exact) mass is 468 g/mol. The van der Waals surface area contributed by atoms with Gasteiger partial charge in [0.2, 0.25) is 15.9 Å². The van der Waals surface area contributed by atoms with E-state index in [1.54, 1.807) is 24.3 Å². The Morgan fingerprint density at radius 2 is 1.78 bits per heavy atom. The van der Waals surface area contributed by atoms with Gasteiger partial charge in [0, 0.05) is 58.8 Å². The number of nitrogens with zero attached hydrogens (tertiary/aromatic N) is 3. The molecule has 2 aliphatic rings. The molecular formula is C22H36N4O5S. The van der Waals surface area contributed by atoms with Crippen LogP contribution in [-0.4, -0.2) is 107 Å². The summed E-state index contributed by atoms with van der Waals surface area (Å²) < 4.78 is 39.1. The van der Waals surface area contributed by atoms with E-state index in [4.69, 9.17) is 9.47 Å². The molecular weight excluding hydrogens is 432 g/mol. The van der Waals surface area contributed by atoms with E-state index in [0.717, 1.165) is 32.7 Å². The zero-order valence-corrected chi connectivity index (χ0v) is 19.8. The summed E-state index contributed by atoms with van der Waals surface area (Å²) in [4.78, 5) is 17.0. The fourth-order valence-corrected chi connectivity index (χ4v) is 5.44. The molecule has 2 heterocycles. The van der Waals surface area contributed by atoms with Crippen LogP contribution in [-0.2, 0) is 19.6 Å². The minimum atomic E-state index is -3.71. The largest absolute Gasteiger partial charge is 0.494 e. The van der Waals surface area contributed by atoms with E-state index in [0.29, 0.717) is 51.6 Å².